The van der Waals surface area contributed by atoms with Gasteiger partial charge in [0.1, 0.15) is 6.61 Å². The maximum absolute atomic E-state index is 12.8. The Labute approximate surface area is 547 Å². The topological polar surface area (TPSA) is 134 Å². The largest absolute Gasteiger partial charge is 0.472 e. The van der Waals surface area contributed by atoms with Crippen molar-refractivity contribution in [2.45, 2.75) is 302 Å². The van der Waals surface area contributed by atoms with Crippen LogP contribution in [0, 0.1) is 0 Å². The number of phosphoric acid groups is 1. The standard InChI is InChI=1S/C79H132NO8P/c1-3-5-7-9-11-13-15-17-19-21-23-25-27-29-31-32-33-34-35-36-37-38-39-40-41-42-43-44-46-48-50-52-54-56-58-60-62-64-66-68-70-72-79(82)88-77(76-87-89(83,84)86-74-73-80)75-85-78(81)71-69-67-65-63-61-59-57-55-53-51-49-47-45-30-28-26-24-22-20-18-16-14-12-10-8-6-4-2/h5,7,11,13,16-19,22-25,29,31,33-34,36-37,39-40,42-43,46,48,52,54,77H,3-4,6,8-10,12,14-15,20-21,26-28,30,32,35,38,41,44-45,47,49-51,53,55-76,80H2,1-2H3,(H,83,84)/b7-5-,13-11-,18-16-,19-17-,24-22-,25-23-,31-29-,34-33-,37-36-,40-39-,43-42-,48-46-,54-52-. The van der Waals surface area contributed by atoms with E-state index in [1.807, 2.05) is 0 Å². The highest BCUT2D eigenvalue weighted by Crippen LogP contribution is 2.43. The summed E-state index contributed by atoms with van der Waals surface area (Å²) in [5.74, 6) is -0.843. The zero-order valence-electron chi connectivity index (χ0n) is 56.9. The summed E-state index contributed by atoms with van der Waals surface area (Å²) in [4.78, 5) is 35.4. The molecule has 0 spiro atoms. The fourth-order valence-electron chi connectivity index (χ4n) is 9.61. The summed E-state index contributed by atoms with van der Waals surface area (Å²) in [6.45, 7) is 3.62. The quantitative estimate of drug-likeness (QED) is 0.0264. The van der Waals surface area contributed by atoms with Gasteiger partial charge in [-0.15, -0.1) is 0 Å². The molecule has 0 aliphatic heterocycles. The molecule has 0 aromatic heterocycles. The van der Waals surface area contributed by atoms with Crippen LogP contribution in [-0.2, 0) is 32.7 Å². The number of unbranched alkanes of at least 4 members (excludes halogenated alkanes) is 27. The van der Waals surface area contributed by atoms with Crippen LogP contribution >= 0.6 is 7.82 Å². The Kier molecular flexibility index (Phi) is 69.1. The second-order valence-electron chi connectivity index (χ2n) is 23.4. The van der Waals surface area contributed by atoms with Crippen LogP contribution in [0.2, 0.25) is 0 Å². The van der Waals surface area contributed by atoms with E-state index in [9.17, 15) is 19.0 Å². The Balaban J connectivity index is 3.97. The second kappa shape index (κ2) is 72.7. The highest BCUT2D eigenvalue weighted by Gasteiger charge is 2.26. The van der Waals surface area contributed by atoms with Crippen molar-refractivity contribution >= 4 is 19.8 Å². The predicted octanol–water partition coefficient (Wildman–Crippen LogP) is 24.0. The average molecular weight is 1250 g/mol. The smallest absolute Gasteiger partial charge is 0.462 e. The SMILES string of the molecule is CC/C=C\C/C=C\C/C=C\C/C=C\C/C=C\C/C=C\C/C=C\C/C=C\C/C=C\C/C=C\C/C=C\CCCCCCCCCC(=O)OC(COC(=O)CCCCCCCCCCCCCCCCC/C=C\C/C=C\CCCCCCC)COP(=O)(O)OCCN. The highest BCUT2D eigenvalue weighted by atomic mass is 31.2. The van der Waals surface area contributed by atoms with E-state index in [4.69, 9.17) is 24.3 Å². The number of ether oxygens (including phenoxy) is 2. The van der Waals surface area contributed by atoms with Gasteiger partial charge in [0.2, 0.25) is 0 Å². The maximum atomic E-state index is 12.8. The third-order valence-corrected chi connectivity index (χ3v) is 15.9. The van der Waals surface area contributed by atoms with Gasteiger partial charge in [-0.25, -0.2) is 4.57 Å². The van der Waals surface area contributed by atoms with Gasteiger partial charge in [-0.05, 0) is 128 Å². The molecule has 0 bridgehead atoms. The molecule has 506 valence electrons. The first-order valence-corrected chi connectivity index (χ1v) is 37.5. The van der Waals surface area contributed by atoms with Crippen LogP contribution in [0.15, 0.2) is 158 Å². The summed E-state index contributed by atoms with van der Waals surface area (Å²) in [5.41, 5.74) is 5.40. The Morgan fingerprint density at radius 1 is 0.348 bits per heavy atom. The molecular weight excluding hydrogens is 1120 g/mol. The van der Waals surface area contributed by atoms with E-state index in [1.54, 1.807) is 0 Å². The Hall–Kier alpha value is -4.37. The number of carbonyl (C=O) groups is 2. The minimum Gasteiger partial charge on any atom is -0.462 e. The van der Waals surface area contributed by atoms with Crippen LogP contribution in [0.1, 0.15) is 296 Å². The molecule has 10 heteroatoms. The van der Waals surface area contributed by atoms with Gasteiger partial charge >= 0.3 is 19.8 Å². The van der Waals surface area contributed by atoms with Crippen LogP contribution in [-0.4, -0.2) is 49.3 Å². The number of nitrogens with two attached hydrogens (primary N) is 1. The third kappa shape index (κ3) is 72.6. The number of hydrogen-bond donors (Lipinski definition) is 2. The van der Waals surface area contributed by atoms with Crippen molar-refractivity contribution in [3.8, 4) is 0 Å². The lowest BCUT2D eigenvalue weighted by atomic mass is 10.0. The summed E-state index contributed by atoms with van der Waals surface area (Å²) >= 11 is 0. The van der Waals surface area contributed by atoms with Crippen molar-refractivity contribution in [2.75, 3.05) is 26.4 Å². The van der Waals surface area contributed by atoms with E-state index in [0.29, 0.717) is 6.42 Å². The molecule has 3 N–H and O–H groups in total. The average Bonchev–Trinajstić information content (AvgIpc) is 3.58. The number of phosphoric ester groups is 1. The zero-order valence-corrected chi connectivity index (χ0v) is 57.8. The minimum absolute atomic E-state index is 0.0448. The van der Waals surface area contributed by atoms with Crippen LogP contribution in [0.4, 0.5) is 0 Å². The molecule has 9 nitrogen and oxygen atoms in total. The van der Waals surface area contributed by atoms with Crippen molar-refractivity contribution in [3.63, 3.8) is 0 Å². The minimum atomic E-state index is -4.41. The van der Waals surface area contributed by atoms with E-state index < -0.39 is 26.5 Å². The number of esters is 2. The summed E-state index contributed by atoms with van der Waals surface area (Å²) in [5, 5.41) is 0. The van der Waals surface area contributed by atoms with Crippen molar-refractivity contribution in [1.29, 1.82) is 0 Å². The molecule has 0 aromatic rings. The van der Waals surface area contributed by atoms with Crippen molar-refractivity contribution in [1.82, 2.24) is 0 Å². The van der Waals surface area contributed by atoms with Gasteiger partial charge < -0.3 is 20.1 Å². The molecule has 0 aliphatic carbocycles. The molecule has 0 aromatic carbocycles. The molecule has 0 amide bonds. The summed E-state index contributed by atoms with van der Waals surface area (Å²) < 4.78 is 33.2. The van der Waals surface area contributed by atoms with Gasteiger partial charge in [0, 0.05) is 19.4 Å². The second-order valence-corrected chi connectivity index (χ2v) is 24.8. The van der Waals surface area contributed by atoms with E-state index in [2.05, 4.69) is 172 Å². The van der Waals surface area contributed by atoms with E-state index in [0.717, 1.165) is 128 Å². The predicted molar refractivity (Wildman–Crippen MR) is 385 cm³/mol. The van der Waals surface area contributed by atoms with Gasteiger partial charge in [-0.2, -0.15) is 0 Å². The Bertz CT molecular complexity index is 2020. The first-order chi connectivity index (χ1) is 43.8. The first-order valence-electron chi connectivity index (χ1n) is 36.0. The van der Waals surface area contributed by atoms with E-state index in [-0.39, 0.29) is 38.6 Å². The highest BCUT2D eigenvalue weighted by molar-refractivity contribution is 7.47. The van der Waals surface area contributed by atoms with E-state index >= 15 is 0 Å². The molecule has 0 saturated heterocycles. The number of carbonyl (C=O) groups excluding carboxylic acids is 2. The monoisotopic (exact) mass is 1250 g/mol. The fourth-order valence-corrected chi connectivity index (χ4v) is 10.4. The van der Waals surface area contributed by atoms with E-state index in [1.165, 1.54) is 135 Å². The molecule has 89 heavy (non-hydrogen) atoms. The van der Waals surface area contributed by atoms with Crippen molar-refractivity contribution < 1.29 is 37.6 Å². The lowest BCUT2D eigenvalue weighted by Crippen LogP contribution is -2.29. The molecule has 2 atom stereocenters. The molecule has 0 heterocycles. The molecular formula is C79H132NO8P. The Morgan fingerprint density at radius 3 is 0.921 bits per heavy atom. The number of hydrogen-bond acceptors (Lipinski definition) is 8. The van der Waals surface area contributed by atoms with Gasteiger partial charge in [0.25, 0.3) is 0 Å². The van der Waals surface area contributed by atoms with Crippen LogP contribution in [0.5, 0.6) is 0 Å². The molecule has 0 radical (unpaired) electrons. The molecule has 0 aliphatic rings. The van der Waals surface area contributed by atoms with Crippen LogP contribution in [0.25, 0.3) is 0 Å². The fraction of sp³-hybridized carbons (Fsp3) is 0.646. The number of allylic oxidation sites excluding steroid dienone is 26. The molecule has 0 fully saturated rings. The summed E-state index contributed by atoms with van der Waals surface area (Å²) in [6, 6.07) is 0. The van der Waals surface area contributed by atoms with Crippen molar-refractivity contribution in [3.05, 3.63) is 158 Å². The number of rotatable bonds is 66. The van der Waals surface area contributed by atoms with Gasteiger partial charge in [0.15, 0.2) is 6.10 Å². The lowest BCUT2D eigenvalue weighted by Gasteiger charge is -2.19. The van der Waals surface area contributed by atoms with Crippen LogP contribution in [0.3, 0.4) is 0 Å². The zero-order chi connectivity index (χ0) is 64.4. The van der Waals surface area contributed by atoms with Crippen molar-refractivity contribution in [2.24, 2.45) is 5.73 Å². The Morgan fingerprint density at radius 2 is 0.618 bits per heavy atom. The maximum Gasteiger partial charge on any atom is 0.472 e. The molecule has 0 saturated carbocycles. The van der Waals surface area contributed by atoms with Gasteiger partial charge in [0.05, 0.1) is 13.2 Å². The molecule has 0 rings (SSSR count). The van der Waals surface area contributed by atoms with Gasteiger partial charge in [-0.1, -0.05) is 313 Å². The third-order valence-electron chi connectivity index (χ3n) is 14.9. The van der Waals surface area contributed by atoms with Gasteiger partial charge in [-0.3, -0.25) is 18.6 Å². The van der Waals surface area contributed by atoms with Crippen LogP contribution < -0.4 is 5.73 Å². The lowest BCUT2D eigenvalue weighted by molar-refractivity contribution is -0.161. The first kappa shape index (κ1) is 84.6. The normalized spacial score (nSPS) is 13.9. The summed E-state index contributed by atoms with van der Waals surface area (Å²) in [7, 11) is -4.41. The summed E-state index contributed by atoms with van der Waals surface area (Å²) in [6.07, 6.45) is 106. The molecule has 2 unspecified atom stereocenters.